The van der Waals surface area contributed by atoms with Crippen molar-refractivity contribution in [2.75, 3.05) is 12.8 Å². The summed E-state index contributed by atoms with van der Waals surface area (Å²) >= 11 is 1.70. The van der Waals surface area contributed by atoms with Gasteiger partial charge in [0.2, 0.25) is 5.91 Å². The minimum atomic E-state index is -0.410. The van der Waals surface area contributed by atoms with Crippen molar-refractivity contribution in [2.45, 2.75) is 36.4 Å². The van der Waals surface area contributed by atoms with Gasteiger partial charge >= 0.3 is 0 Å². The number of amides is 1. The van der Waals surface area contributed by atoms with E-state index in [0.717, 1.165) is 5.56 Å². The highest BCUT2D eigenvalue weighted by molar-refractivity contribution is 7.98. The second-order valence-electron chi connectivity index (χ2n) is 4.85. The zero-order valence-corrected chi connectivity index (χ0v) is 12.0. The van der Waals surface area contributed by atoms with E-state index >= 15 is 0 Å². The maximum atomic E-state index is 12.0. The summed E-state index contributed by atoms with van der Waals surface area (Å²) in [5, 5.41) is 15.4. The van der Waals surface area contributed by atoms with E-state index in [9.17, 15) is 9.90 Å². The molecule has 0 radical (unpaired) electrons. The van der Waals surface area contributed by atoms with Crippen LogP contribution in [0.15, 0.2) is 29.2 Å². The van der Waals surface area contributed by atoms with E-state index in [4.69, 9.17) is 0 Å². The number of hydrogen-bond donors (Lipinski definition) is 3. The van der Waals surface area contributed by atoms with E-state index < -0.39 is 6.10 Å². The van der Waals surface area contributed by atoms with Crippen molar-refractivity contribution >= 4 is 17.7 Å². The lowest BCUT2D eigenvalue weighted by molar-refractivity contribution is -0.123. The summed E-state index contributed by atoms with van der Waals surface area (Å²) in [6.07, 6.45) is 2.12. The smallest absolute Gasteiger partial charge is 0.237 e. The molecule has 1 heterocycles. The number of carbonyl (C=O) groups is 1. The maximum absolute atomic E-state index is 12.0. The largest absolute Gasteiger partial charge is 0.392 e. The predicted molar refractivity (Wildman–Crippen MR) is 77.2 cm³/mol. The van der Waals surface area contributed by atoms with E-state index in [2.05, 4.69) is 22.8 Å². The van der Waals surface area contributed by atoms with Crippen molar-refractivity contribution in [3.63, 3.8) is 0 Å². The van der Waals surface area contributed by atoms with Crippen molar-refractivity contribution in [3.8, 4) is 0 Å². The van der Waals surface area contributed by atoms with Crippen LogP contribution in [0.1, 0.15) is 24.9 Å². The highest BCUT2D eigenvalue weighted by atomic mass is 32.2. The number of aliphatic hydroxyl groups excluding tert-OH is 1. The van der Waals surface area contributed by atoms with Gasteiger partial charge in [0.15, 0.2) is 0 Å². The predicted octanol–water partition coefficient (Wildman–Crippen LogP) is 1.31. The molecule has 0 aliphatic carbocycles. The fourth-order valence-electron chi connectivity index (χ4n) is 2.21. The summed E-state index contributed by atoms with van der Waals surface area (Å²) in [7, 11) is 0. The highest BCUT2D eigenvalue weighted by Crippen LogP contribution is 2.19. The fourth-order valence-corrected chi connectivity index (χ4v) is 2.61. The molecule has 19 heavy (non-hydrogen) atoms. The molecular formula is C14H20N2O2S. The van der Waals surface area contributed by atoms with Crippen LogP contribution in [0.25, 0.3) is 0 Å². The van der Waals surface area contributed by atoms with E-state index in [1.807, 2.05) is 25.3 Å². The van der Waals surface area contributed by atoms with Crippen molar-refractivity contribution in [2.24, 2.45) is 0 Å². The Morgan fingerprint density at radius 3 is 2.68 bits per heavy atom. The standard InChI is InChI=1S/C14H20N2O2S/c1-9(10-3-5-12(19-2)6-4-10)16-14(18)13-7-11(17)8-15-13/h3-6,9,11,13,15,17H,7-8H2,1-2H3,(H,16,18). The molecule has 1 aliphatic heterocycles. The fraction of sp³-hybridized carbons (Fsp3) is 0.500. The molecule has 2 rings (SSSR count). The third kappa shape index (κ3) is 3.72. The molecule has 1 fully saturated rings. The molecule has 3 N–H and O–H groups in total. The molecule has 0 aromatic heterocycles. The first-order valence-corrected chi connectivity index (χ1v) is 7.68. The van der Waals surface area contributed by atoms with Crippen LogP contribution in [-0.2, 0) is 4.79 Å². The van der Waals surface area contributed by atoms with Gasteiger partial charge in [-0.05, 0) is 37.3 Å². The number of β-amino-alcohol motifs (C(OH)–C–C–N with tert-alkyl or cyclic N) is 1. The minimum absolute atomic E-state index is 0.0250. The summed E-state index contributed by atoms with van der Waals surface area (Å²) in [5.74, 6) is -0.0435. The van der Waals surface area contributed by atoms with Crippen LogP contribution < -0.4 is 10.6 Å². The number of nitrogens with one attached hydrogen (secondary N) is 2. The topological polar surface area (TPSA) is 61.4 Å². The molecule has 3 unspecified atom stereocenters. The van der Waals surface area contributed by atoms with Crippen LogP contribution in [0.3, 0.4) is 0 Å². The first kappa shape index (κ1) is 14.4. The lowest BCUT2D eigenvalue weighted by Gasteiger charge is -2.17. The lowest BCUT2D eigenvalue weighted by Crippen LogP contribution is -2.41. The Morgan fingerprint density at radius 1 is 1.47 bits per heavy atom. The first-order chi connectivity index (χ1) is 9.10. The van der Waals surface area contributed by atoms with E-state index in [-0.39, 0.29) is 18.0 Å². The van der Waals surface area contributed by atoms with Gasteiger partial charge in [-0.2, -0.15) is 0 Å². The van der Waals surface area contributed by atoms with Crippen molar-refractivity contribution in [1.29, 1.82) is 0 Å². The monoisotopic (exact) mass is 280 g/mol. The molecule has 104 valence electrons. The molecule has 3 atom stereocenters. The van der Waals surface area contributed by atoms with Crippen molar-refractivity contribution < 1.29 is 9.90 Å². The molecule has 0 saturated carbocycles. The summed E-state index contributed by atoms with van der Waals surface area (Å²) < 4.78 is 0. The molecule has 1 aromatic carbocycles. The van der Waals surface area contributed by atoms with Gasteiger partial charge < -0.3 is 15.7 Å². The van der Waals surface area contributed by atoms with Crippen LogP contribution >= 0.6 is 11.8 Å². The molecule has 4 nitrogen and oxygen atoms in total. The SMILES string of the molecule is CSc1ccc(C(C)NC(=O)C2CC(O)CN2)cc1. The van der Waals surface area contributed by atoms with Crippen molar-refractivity contribution in [3.05, 3.63) is 29.8 Å². The van der Waals surface area contributed by atoms with Gasteiger partial charge in [0.1, 0.15) is 0 Å². The Morgan fingerprint density at radius 2 is 2.16 bits per heavy atom. The molecule has 1 aromatic rings. The van der Waals surface area contributed by atoms with E-state index in [0.29, 0.717) is 13.0 Å². The van der Waals surface area contributed by atoms with Crippen molar-refractivity contribution in [1.82, 2.24) is 10.6 Å². The quantitative estimate of drug-likeness (QED) is 0.728. The van der Waals surface area contributed by atoms with Crippen LogP contribution in [0.2, 0.25) is 0 Å². The number of hydrogen-bond acceptors (Lipinski definition) is 4. The van der Waals surface area contributed by atoms with E-state index in [1.54, 1.807) is 11.8 Å². The Kier molecular flexibility index (Phi) is 4.85. The van der Waals surface area contributed by atoms with Crippen LogP contribution in [0.5, 0.6) is 0 Å². The third-order valence-electron chi connectivity index (χ3n) is 3.40. The Bertz CT molecular complexity index is 436. The number of aliphatic hydroxyl groups is 1. The molecule has 5 heteroatoms. The van der Waals surface area contributed by atoms with Gasteiger partial charge in [0.05, 0.1) is 18.2 Å². The van der Waals surface area contributed by atoms with Gasteiger partial charge in [-0.3, -0.25) is 4.79 Å². The average molecular weight is 280 g/mol. The first-order valence-electron chi connectivity index (χ1n) is 6.46. The normalized spacial score (nSPS) is 24.2. The van der Waals surface area contributed by atoms with Gasteiger partial charge in [-0.1, -0.05) is 12.1 Å². The Labute approximate surface area is 118 Å². The second kappa shape index (κ2) is 6.41. The minimum Gasteiger partial charge on any atom is -0.392 e. The van der Waals surface area contributed by atoms with Gasteiger partial charge in [0, 0.05) is 11.4 Å². The number of benzene rings is 1. The number of thioether (sulfide) groups is 1. The maximum Gasteiger partial charge on any atom is 0.237 e. The van der Waals surface area contributed by atoms with Gasteiger partial charge in [-0.15, -0.1) is 11.8 Å². The number of carbonyl (C=O) groups excluding carboxylic acids is 1. The molecule has 1 saturated heterocycles. The van der Waals surface area contributed by atoms with Gasteiger partial charge in [-0.25, -0.2) is 0 Å². The van der Waals surface area contributed by atoms with Crippen LogP contribution in [0.4, 0.5) is 0 Å². The zero-order valence-electron chi connectivity index (χ0n) is 11.2. The zero-order chi connectivity index (χ0) is 13.8. The van der Waals surface area contributed by atoms with Crippen LogP contribution in [-0.4, -0.2) is 36.0 Å². The second-order valence-corrected chi connectivity index (χ2v) is 5.73. The van der Waals surface area contributed by atoms with Crippen LogP contribution in [0, 0.1) is 0 Å². The Hall–Kier alpha value is -1.04. The molecular weight excluding hydrogens is 260 g/mol. The molecule has 0 bridgehead atoms. The summed E-state index contributed by atoms with van der Waals surface area (Å²) in [4.78, 5) is 13.2. The summed E-state index contributed by atoms with van der Waals surface area (Å²) in [5.41, 5.74) is 1.09. The summed E-state index contributed by atoms with van der Waals surface area (Å²) in [6, 6.07) is 7.88. The molecule has 1 amide bonds. The molecule has 1 aliphatic rings. The lowest BCUT2D eigenvalue weighted by atomic mass is 10.1. The average Bonchev–Trinajstić information content (AvgIpc) is 2.85. The third-order valence-corrected chi connectivity index (χ3v) is 4.14. The van der Waals surface area contributed by atoms with Gasteiger partial charge in [0.25, 0.3) is 0 Å². The van der Waals surface area contributed by atoms with E-state index in [1.165, 1.54) is 4.90 Å². The molecule has 0 spiro atoms. The number of rotatable bonds is 4. The Balaban J connectivity index is 1.92. The highest BCUT2D eigenvalue weighted by Gasteiger charge is 2.28. The summed E-state index contributed by atoms with van der Waals surface area (Å²) in [6.45, 7) is 2.46.